The number of amides is 1. The number of benzene rings is 2. The number of nitrogens with two attached hydrogens (primary N) is 1. The van der Waals surface area contributed by atoms with Gasteiger partial charge in [-0.2, -0.15) is 0 Å². The van der Waals surface area contributed by atoms with Gasteiger partial charge in [-0.3, -0.25) is 9.93 Å². The van der Waals surface area contributed by atoms with Crippen LogP contribution in [0.3, 0.4) is 0 Å². The van der Waals surface area contributed by atoms with Crippen molar-refractivity contribution in [3.8, 4) is 0 Å². The first-order valence-corrected chi connectivity index (χ1v) is 11.5. The summed E-state index contributed by atoms with van der Waals surface area (Å²) in [5.41, 5.74) is 2.29. The molecular weight excluding hydrogens is 463 g/mol. The lowest BCUT2D eigenvalue weighted by molar-refractivity contribution is 0.0952. The summed E-state index contributed by atoms with van der Waals surface area (Å²) in [5, 5.41) is 9.19. The molecule has 10 heteroatoms. The summed E-state index contributed by atoms with van der Waals surface area (Å²) in [5.74, 6) is -0.319. The highest BCUT2D eigenvalue weighted by molar-refractivity contribution is 7.95. The van der Waals surface area contributed by atoms with Gasteiger partial charge in [0.2, 0.25) is 0 Å². The first kappa shape index (κ1) is 22.6. The molecule has 1 atom stereocenters. The van der Waals surface area contributed by atoms with Crippen LogP contribution in [-0.4, -0.2) is 15.8 Å². The molecular formula is C20H18Cl2N4O2S2. The molecule has 0 radical (unpaired) electrons. The molecule has 4 N–H and O–H groups in total. The lowest BCUT2D eigenvalue weighted by atomic mass is 10.1. The number of nitrogens with zero attached hydrogens (tertiary/aromatic N) is 1. The number of allylic oxidation sites excluding steroid dienone is 4. The Bertz CT molecular complexity index is 1070. The van der Waals surface area contributed by atoms with E-state index in [2.05, 4.69) is 14.4 Å². The zero-order valence-corrected chi connectivity index (χ0v) is 18.7. The average Bonchev–Trinajstić information content (AvgIpc) is 2.74. The summed E-state index contributed by atoms with van der Waals surface area (Å²) >= 11 is 12.9. The molecule has 1 aliphatic carbocycles. The molecule has 0 saturated carbocycles. The van der Waals surface area contributed by atoms with E-state index in [1.807, 2.05) is 6.08 Å². The van der Waals surface area contributed by atoms with Crippen molar-refractivity contribution >= 4 is 63.6 Å². The van der Waals surface area contributed by atoms with Gasteiger partial charge in [-0.05, 0) is 42.0 Å². The zero-order chi connectivity index (χ0) is 21.5. The standard InChI is InChI=1S/C20H18Cl2N4O2S2/c21-14-9-8-13(18(22)10-14)12-24-20(27)17-6-1-2-7-19(17)26-30(28)16-5-3-4-15(11-16)25-29-23/h1-10,26H,11-12,23H2,(H,24,27)/b25-15-. The molecule has 0 spiro atoms. The summed E-state index contributed by atoms with van der Waals surface area (Å²) in [6.07, 6.45) is 5.74. The molecule has 0 aliphatic heterocycles. The van der Waals surface area contributed by atoms with E-state index in [4.69, 9.17) is 28.3 Å². The van der Waals surface area contributed by atoms with Gasteiger partial charge in [0.15, 0.2) is 0 Å². The maximum atomic E-state index is 12.8. The minimum absolute atomic E-state index is 0.235. The van der Waals surface area contributed by atoms with Crippen LogP contribution in [0.15, 0.2) is 70.0 Å². The van der Waals surface area contributed by atoms with E-state index in [1.54, 1.807) is 54.6 Å². The third kappa shape index (κ3) is 5.96. The van der Waals surface area contributed by atoms with Crippen LogP contribution in [0.25, 0.3) is 0 Å². The Balaban J connectivity index is 1.70. The van der Waals surface area contributed by atoms with Crippen LogP contribution >= 0.6 is 35.3 Å². The van der Waals surface area contributed by atoms with E-state index >= 15 is 0 Å². The molecule has 2 aromatic rings. The summed E-state index contributed by atoms with van der Waals surface area (Å²) < 4.78 is 19.8. The molecule has 0 fully saturated rings. The highest BCUT2D eigenvalue weighted by Gasteiger charge is 2.17. The van der Waals surface area contributed by atoms with Crippen molar-refractivity contribution in [2.75, 3.05) is 4.72 Å². The van der Waals surface area contributed by atoms with Crippen molar-refractivity contribution in [3.05, 3.63) is 86.8 Å². The van der Waals surface area contributed by atoms with Gasteiger partial charge in [-0.1, -0.05) is 47.5 Å². The van der Waals surface area contributed by atoms with E-state index in [9.17, 15) is 9.00 Å². The SMILES string of the molecule is NS/N=C1/C=CC=C(S(=O)Nc2ccccc2C(=O)NCc2ccc(Cl)cc2Cl)C1. The fourth-order valence-electron chi connectivity index (χ4n) is 2.69. The first-order valence-electron chi connectivity index (χ1n) is 8.77. The molecule has 30 heavy (non-hydrogen) atoms. The Kier molecular flexibility index (Phi) is 8.12. The van der Waals surface area contributed by atoms with Gasteiger partial charge >= 0.3 is 0 Å². The Morgan fingerprint density at radius 2 is 2.03 bits per heavy atom. The third-order valence-corrected chi connectivity index (χ3v) is 6.25. The van der Waals surface area contributed by atoms with Crippen molar-refractivity contribution in [2.45, 2.75) is 13.0 Å². The number of carbonyl (C=O) groups is 1. The van der Waals surface area contributed by atoms with Gasteiger partial charge in [0.05, 0.1) is 29.1 Å². The Hall–Kier alpha value is -2.10. The van der Waals surface area contributed by atoms with Crippen molar-refractivity contribution < 1.29 is 9.00 Å². The molecule has 6 nitrogen and oxygen atoms in total. The molecule has 0 bridgehead atoms. The Morgan fingerprint density at radius 3 is 2.80 bits per heavy atom. The fraction of sp³-hybridized carbons (Fsp3) is 0.100. The number of halogens is 2. The second-order valence-corrected chi connectivity index (χ2v) is 8.69. The van der Waals surface area contributed by atoms with E-state index in [-0.39, 0.29) is 12.5 Å². The van der Waals surface area contributed by atoms with Crippen molar-refractivity contribution in [3.63, 3.8) is 0 Å². The topological polar surface area (TPSA) is 96.6 Å². The van der Waals surface area contributed by atoms with Gasteiger partial charge in [-0.15, -0.1) is 0 Å². The van der Waals surface area contributed by atoms with Crippen LogP contribution in [0.2, 0.25) is 10.0 Å². The minimum Gasteiger partial charge on any atom is -0.348 e. The summed E-state index contributed by atoms with van der Waals surface area (Å²) in [6.45, 7) is 0.235. The monoisotopic (exact) mass is 480 g/mol. The second-order valence-electron chi connectivity index (χ2n) is 6.19. The molecule has 2 aromatic carbocycles. The molecule has 3 rings (SSSR count). The number of rotatable bonds is 7. The lowest BCUT2D eigenvalue weighted by Gasteiger charge is -2.15. The number of anilines is 1. The van der Waals surface area contributed by atoms with Gasteiger partial charge in [0.25, 0.3) is 5.91 Å². The quantitative estimate of drug-likeness (QED) is 0.495. The highest BCUT2D eigenvalue weighted by atomic mass is 35.5. The molecule has 0 saturated heterocycles. The first-order chi connectivity index (χ1) is 14.5. The van der Waals surface area contributed by atoms with Crippen molar-refractivity contribution in [2.24, 2.45) is 9.54 Å². The summed E-state index contributed by atoms with van der Waals surface area (Å²) in [4.78, 5) is 13.4. The summed E-state index contributed by atoms with van der Waals surface area (Å²) in [6, 6.07) is 11.9. The van der Waals surface area contributed by atoms with Crippen LogP contribution in [-0.2, 0) is 17.5 Å². The van der Waals surface area contributed by atoms with Crippen LogP contribution in [0.4, 0.5) is 5.69 Å². The maximum Gasteiger partial charge on any atom is 0.253 e. The van der Waals surface area contributed by atoms with Crippen LogP contribution in [0.5, 0.6) is 0 Å². The van der Waals surface area contributed by atoms with Crippen LogP contribution < -0.4 is 15.2 Å². The van der Waals surface area contributed by atoms with E-state index < -0.39 is 11.0 Å². The number of carbonyl (C=O) groups excluding carboxylic acids is 1. The maximum absolute atomic E-state index is 12.8. The average molecular weight is 481 g/mol. The van der Waals surface area contributed by atoms with Crippen LogP contribution in [0.1, 0.15) is 22.3 Å². The zero-order valence-electron chi connectivity index (χ0n) is 15.6. The van der Waals surface area contributed by atoms with E-state index in [1.165, 1.54) is 0 Å². The molecule has 156 valence electrons. The number of hydrogen-bond acceptors (Lipinski definition) is 5. The fourth-order valence-corrected chi connectivity index (χ4v) is 4.42. The number of para-hydroxylation sites is 1. The normalized spacial score (nSPS) is 15.6. The van der Waals surface area contributed by atoms with E-state index in [0.717, 1.165) is 23.4 Å². The lowest BCUT2D eigenvalue weighted by Crippen LogP contribution is -2.24. The minimum atomic E-state index is -1.54. The Labute approximate surface area is 191 Å². The van der Waals surface area contributed by atoms with Crippen molar-refractivity contribution in [1.82, 2.24) is 5.32 Å². The summed E-state index contributed by atoms with van der Waals surface area (Å²) in [7, 11) is -1.54. The largest absolute Gasteiger partial charge is 0.348 e. The van der Waals surface area contributed by atoms with Gasteiger partial charge in [0, 0.05) is 27.9 Å². The predicted molar refractivity (Wildman–Crippen MR) is 127 cm³/mol. The molecule has 0 heterocycles. The van der Waals surface area contributed by atoms with Crippen molar-refractivity contribution in [1.29, 1.82) is 0 Å². The van der Waals surface area contributed by atoms with Gasteiger partial charge < -0.3 is 10.0 Å². The van der Waals surface area contributed by atoms with Crippen LogP contribution in [0, 0.1) is 0 Å². The second kappa shape index (κ2) is 10.8. The molecule has 1 amide bonds. The molecule has 0 aromatic heterocycles. The molecule has 1 aliphatic rings. The van der Waals surface area contributed by atoms with Gasteiger partial charge in [-0.25, -0.2) is 8.61 Å². The third-order valence-electron chi connectivity index (χ3n) is 4.16. The Morgan fingerprint density at radius 1 is 1.23 bits per heavy atom. The molecule has 1 unspecified atom stereocenters. The number of hydrogen-bond donors (Lipinski definition) is 3. The number of nitrogens with one attached hydrogen (secondary N) is 2. The van der Waals surface area contributed by atoms with Gasteiger partial charge in [0.1, 0.15) is 11.0 Å². The smallest absolute Gasteiger partial charge is 0.253 e. The highest BCUT2D eigenvalue weighted by Crippen LogP contribution is 2.23. The predicted octanol–water partition coefficient (Wildman–Crippen LogP) is 4.81. The van der Waals surface area contributed by atoms with E-state index in [0.29, 0.717) is 32.6 Å².